The Labute approximate surface area is 252 Å². The number of aliphatic carboxylic acids is 1. The third-order valence-corrected chi connectivity index (χ3v) is 13.0. The van der Waals surface area contributed by atoms with E-state index in [0.717, 1.165) is 23.1 Å². The summed E-state index contributed by atoms with van der Waals surface area (Å²) in [6, 6.07) is 18.7. The summed E-state index contributed by atoms with van der Waals surface area (Å²) in [5, 5.41) is 9.48. The summed E-state index contributed by atoms with van der Waals surface area (Å²) in [7, 11) is -4.04. The molecule has 0 radical (unpaired) electrons. The van der Waals surface area contributed by atoms with Crippen LogP contribution in [-0.2, 0) is 37.0 Å². The summed E-state index contributed by atoms with van der Waals surface area (Å²) in [4.78, 5) is 27.6. The van der Waals surface area contributed by atoms with Gasteiger partial charge in [-0.1, -0.05) is 49.4 Å². The third kappa shape index (κ3) is 4.88. The molecule has 0 aromatic heterocycles. The van der Waals surface area contributed by atoms with Gasteiger partial charge in [-0.05, 0) is 110 Å². The highest BCUT2D eigenvalue weighted by atomic mass is 32.2. The fourth-order valence-electron chi connectivity index (χ4n) is 7.85. The Hall–Kier alpha value is -3.52. The molecule has 6 rings (SSSR count). The van der Waals surface area contributed by atoms with Gasteiger partial charge in [-0.25, -0.2) is 12.8 Å². The zero-order valence-corrected chi connectivity index (χ0v) is 25.5. The SMILES string of the molecule is Cc1ccccc1Cc1ccc2c(c1)CC[C@H]1N(C(=O)[C@]3(C)CC[C@@H](C(=O)O)CC3)CC[C@@]21S(=O)(=O)c1ccc(F)cc1. The summed E-state index contributed by atoms with van der Waals surface area (Å²) in [6.45, 7) is 4.28. The molecule has 43 heavy (non-hydrogen) atoms. The molecule has 6 nitrogen and oxygen atoms in total. The number of carbonyl (C=O) groups is 2. The summed E-state index contributed by atoms with van der Waals surface area (Å²) in [5.41, 5.74) is 4.50. The Morgan fingerprint density at radius 1 is 0.977 bits per heavy atom. The molecule has 3 aromatic carbocycles. The molecule has 226 valence electrons. The van der Waals surface area contributed by atoms with Gasteiger partial charge >= 0.3 is 5.97 Å². The van der Waals surface area contributed by atoms with Crippen LogP contribution in [0.25, 0.3) is 0 Å². The van der Waals surface area contributed by atoms with Crippen molar-refractivity contribution in [2.45, 2.75) is 80.9 Å². The Balaban J connectivity index is 1.40. The number of rotatable bonds is 6. The summed E-state index contributed by atoms with van der Waals surface area (Å²) in [5.74, 6) is -1.87. The lowest BCUT2D eigenvalue weighted by molar-refractivity contribution is -0.150. The molecule has 0 bridgehead atoms. The number of carbonyl (C=O) groups excluding carboxylic acids is 1. The van der Waals surface area contributed by atoms with Gasteiger partial charge in [0.1, 0.15) is 10.6 Å². The molecule has 1 aliphatic heterocycles. The Morgan fingerprint density at radius 3 is 2.35 bits per heavy atom. The number of carboxylic acid groups (broad SMARTS) is 1. The van der Waals surface area contributed by atoms with Crippen molar-refractivity contribution in [1.82, 2.24) is 4.90 Å². The second-order valence-corrected chi connectivity index (χ2v) is 15.1. The number of halogens is 1. The van der Waals surface area contributed by atoms with Gasteiger partial charge in [-0.3, -0.25) is 9.59 Å². The summed E-state index contributed by atoms with van der Waals surface area (Å²) >= 11 is 0. The van der Waals surface area contributed by atoms with E-state index in [-0.39, 0.29) is 17.2 Å². The topological polar surface area (TPSA) is 91.8 Å². The number of benzene rings is 3. The van der Waals surface area contributed by atoms with Crippen LogP contribution in [0.3, 0.4) is 0 Å². The van der Waals surface area contributed by atoms with Crippen LogP contribution in [0.1, 0.15) is 73.3 Å². The number of nitrogens with zero attached hydrogens (tertiary/aromatic N) is 1. The molecule has 1 heterocycles. The predicted octanol–water partition coefficient (Wildman–Crippen LogP) is 6.22. The van der Waals surface area contributed by atoms with Crippen LogP contribution >= 0.6 is 0 Å². The Morgan fingerprint density at radius 2 is 1.67 bits per heavy atom. The predicted molar refractivity (Wildman–Crippen MR) is 162 cm³/mol. The van der Waals surface area contributed by atoms with Crippen LogP contribution in [-0.4, -0.2) is 42.9 Å². The van der Waals surface area contributed by atoms with Crippen molar-refractivity contribution in [3.8, 4) is 0 Å². The largest absolute Gasteiger partial charge is 0.481 e. The maximum Gasteiger partial charge on any atom is 0.306 e. The highest BCUT2D eigenvalue weighted by Gasteiger charge is 2.62. The molecule has 1 saturated heterocycles. The molecule has 0 spiro atoms. The number of fused-ring (bicyclic) bond motifs is 3. The minimum Gasteiger partial charge on any atom is -0.481 e. The van der Waals surface area contributed by atoms with Crippen LogP contribution in [0.2, 0.25) is 0 Å². The smallest absolute Gasteiger partial charge is 0.306 e. The Bertz CT molecular complexity index is 1680. The normalized spacial score (nSPS) is 26.9. The van der Waals surface area contributed by atoms with Gasteiger partial charge in [0.05, 0.1) is 16.9 Å². The number of sulfone groups is 1. The van der Waals surface area contributed by atoms with E-state index in [1.54, 1.807) is 4.90 Å². The fraction of sp³-hybridized carbons (Fsp3) is 0.429. The van der Waals surface area contributed by atoms with Crippen molar-refractivity contribution in [2.75, 3.05) is 6.54 Å². The van der Waals surface area contributed by atoms with Crippen molar-refractivity contribution < 1.29 is 27.5 Å². The Kier molecular flexibility index (Phi) is 7.48. The number of hydrogen-bond donors (Lipinski definition) is 1. The quantitative estimate of drug-likeness (QED) is 0.338. The number of carboxylic acids is 1. The summed E-state index contributed by atoms with van der Waals surface area (Å²) in [6.07, 6.45) is 3.92. The molecular weight excluding hydrogens is 565 g/mol. The van der Waals surface area contributed by atoms with Crippen molar-refractivity contribution in [2.24, 2.45) is 11.3 Å². The molecular formula is C35H38FNO5S. The van der Waals surface area contributed by atoms with Gasteiger partial charge in [-0.15, -0.1) is 0 Å². The van der Waals surface area contributed by atoms with Crippen molar-refractivity contribution in [3.05, 3.63) is 100 Å². The van der Waals surface area contributed by atoms with Gasteiger partial charge in [0.2, 0.25) is 5.91 Å². The lowest BCUT2D eigenvalue weighted by Gasteiger charge is -2.45. The maximum absolute atomic E-state index is 14.7. The van der Waals surface area contributed by atoms with Crippen LogP contribution in [0, 0.1) is 24.1 Å². The maximum atomic E-state index is 14.7. The van der Waals surface area contributed by atoms with E-state index >= 15 is 0 Å². The fourth-order valence-corrected chi connectivity index (χ4v) is 10.2. The number of hydrogen-bond acceptors (Lipinski definition) is 4. The molecule has 0 unspecified atom stereocenters. The van der Waals surface area contributed by atoms with Gasteiger partial charge in [0, 0.05) is 12.0 Å². The molecule has 1 N–H and O–H groups in total. The molecule has 3 aliphatic rings. The number of likely N-dealkylation sites (tertiary alicyclic amines) is 1. The standard InChI is InChI=1S/C35H38FNO5S/c1-23-5-3-4-6-26(23)21-24-7-13-30-27(22-24)8-14-31-35(30,43(41,42)29-11-9-28(36)10-12-29)19-20-37(31)33(40)34(2)17-15-25(16-18-34)32(38)39/h3-7,9-13,22,25,31H,8,14-21H2,1-2H3,(H,38,39)/t25-,31-,34-,35-/m1/s1. The monoisotopic (exact) mass is 603 g/mol. The van der Waals surface area contributed by atoms with Gasteiger partial charge in [0.25, 0.3) is 0 Å². The zero-order chi connectivity index (χ0) is 30.6. The third-order valence-electron chi connectivity index (χ3n) is 10.4. The van der Waals surface area contributed by atoms with E-state index in [1.807, 2.05) is 31.2 Å². The first-order chi connectivity index (χ1) is 20.5. The van der Waals surface area contributed by atoms with Crippen LogP contribution in [0.5, 0.6) is 0 Å². The van der Waals surface area contributed by atoms with E-state index in [9.17, 15) is 27.5 Å². The zero-order valence-electron chi connectivity index (χ0n) is 24.7. The van der Waals surface area contributed by atoms with E-state index in [2.05, 4.69) is 25.1 Å². The first-order valence-electron chi connectivity index (χ1n) is 15.2. The molecule has 2 atom stereocenters. The summed E-state index contributed by atoms with van der Waals surface area (Å²) < 4.78 is 41.9. The highest BCUT2D eigenvalue weighted by molar-refractivity contribution is 7.92. The van der Waals surface area contributed by atoms with Crippen molar-refractivity contribution in [3.63, 3.8) is 0 Å². The van der Waals surface area contributed by atoms with Gasteiger partial charge in [0.15, 0.2) is 9.84 Å². The number of aryl methyl sites for hydroxylation is 2. The number of amides is 1. The molecule has 1 amide bonds. The van der Waals surface area contributed by atoms with Crippen molar-refractivity contribution in [1.29, 1.82) is 0 Å². The van der Waals surface area contributed by atoms with Crippen molar-refractivity contribution >= 4 is 21.7 Å². The van der Waals surface area contributed by atoms with E-state index < -0.39 is 43.7 Å². The van der Waals surface area contributed by atoms with Crippen LogP contribution < -0.4 is 0 Å². The average molecular weight is 604 g/mol. The van der Waals surface area contributed by atoms with Gasteiger partial charge < -0.3 is 10.0 Å². The second kappa shape index (κ2) is 10.9. The minimum absolute atomic E-state index is 0.0539. The molecule has 1 saturated carbocycles. The second-order valence-electron chi connectivity index (χ2n) is 12.9. The van der Waals surface area contributed by atoms with E-state index in [0.29, 0.717) is 45.1 Å². The lowest BCUT2D eigenvalue weighted by Crippen LogP contribution is -2.55. The first kappa shape index (κ1) is 29.5. The minimum atomic E-state index is -4.04. The highest BCUT2D eigenvalue weighted by Crippen LogP contribution is 2.54. The molecule has 8 heteroatoms. The molecule has 2 fully saturated rings. The van der Waals surface area contributed by atoms with Crippen LogP contribution in [0.4, 0.5) is 4.39 Å². The van der Waals surface area contributed by atoms with E-state index in [4.69, 9.17) is 0 Å². The average Bonchev–Trinajstić information content (AvgIpc) is 3.40. The first-order valence-corrected chi connectivity index (χ1v) is 16.7. The molecule has 3 aromatic rings. The van der Waals surface area contributed by atoms with Crippen LogP contribution in [0.15, 0.2) is 71.6 Å². The van der Waals surface area contributed by atoms with E-state index in [1.165, 1.54) is 35.4 Å². The van der Waals surface area contributed by atoms with Gasteiger partial charge in [-0.2, -0.15) is 0 Å². The lowest BCUT2D eigenvalue weighted by atomic mass is 9.70. The molecule has 2 aliphatic carbocycles.